The molecule has 2 heteroatoms. The van der Waals surface area contributed by atoms with Gasteiger partial charge in [0.25, 0.3) is 0 Å². The number of hydrogen-bond acceptors (Lipinski definition) is 2. The highest BCUT2D eigenvalue weighted by molar-refractivity contribution is 5.73. The van der Waals surface area contributed by atoms with Crippen molar-refractivity contribution in [1.29, 1.82) is 0 Å². The van der Waals surface area contributed by atoms with Crippen molar-refractivity contribution < 1.29 is 0 Å². The highest BCUT2D eigenvalue weighted by Gasteiger charge is 2.38. The lowest BCUT2D eigenvalue weighted by Crippen LogP contribution is -2.41. The van der Waals surface area contributed by atoms with Gasteiger partial charge in [-0.25, -0.2) is 0 Å². The summed E-state index contributed by atoms with van der Waals surface area (Å²) in [5, 5.41) is 7.36. The van der Waals surface area contributed by atoms with E-state index < -0.39 is 0 Å². The summed E-state index contributed by atoms with van der Waals surface area (Å²) in [5.41, 5.74) is 4.32. The summed E-state index contributed by atoms with van der Waals surface area (Å²) in [7, 11) is 0. The Hall–Kier alpha value is -1.28. The van der Waals surface area contributed by atoms with Gasteiger partial charge in [0, 0.05) is 17.8 Å². The molecule has 2 heterocycles. The molecule has 1 saturated carbocycles. The maximum atomic E-state index is 3.72. The maximum absolute atomic E-state index is 3.72. The van der Waals surface area contributed by atoms with Crippen LogP contribution in [0, 0.1) is 5.92 Å². The molecule has 2 nitrogen and oxygen atoms in total. The van der Waals surface area contributed by atoms with Crippen molar-refractivity contribution in [1.82, 2.24) is 5.32 Å². The van der Waals surface area contributed by atoms with Crippen LogP contribution < -0.4 is 10.6 Å². The Morgan fingerprint density at radius 3 is 3.00 bits per heavy atom. The SMILES string of the molecule is C1=C2C(CCC3NCCC23)Nc2ccccc21. The monoisotopic (exact) mass is 226 g/mol. The summed E-state index contributed by atoms with van der Waals surface area (Å²) < 4.78 is 0. The number of benzene rings is 1. The largest absolute Gasteiger partial charge is 0.378 e. The van der Waals surface area contributed by atoms with Crippen LogP contribution in [-0.4, -0.2) is 18.6 Å². The minimum absolute atomic E-state index is 0.589. The van der Waals surface area contributed by atoms with E-state index in [4.69, 9.17) is 0 Å². The van der Waals surface area contributed by atoms with Gasteiger partial charge >= 0.3 is 0 Å². The maximum Gasteiger partial charge on any atom is 0.0481 e. The van der Waals surface area contributed by atoms with E-state index in [1.807, 2.05) is 0 Å². The summed E-state index contributed by atoms with van der Waals surface area (Å²) in [6.45, 7) is 1.20. The minimum Gasteiger partial charge on any atom is -0.378 e. The first-order chi connectivity index (χ1) is 8.42. The number of rotatable bonds is 0. The predicted octanol–water partition coefficient (Wildman–Crippen LogP) is 2.64. The summed E-state index contributed by atoms with van der Waals surface area (Å²) in [6.07, 6.45) is 6.35. The van der Waals surface area contributed by atoms with E-state index in [-0.39, 0.29) is 0 Å². The lowest BCUT2D eigenvalue weighted by molar-refractivity contribution is 0.388. The van der Waals surface area contributed by atoms with E-state index in [9.17, 15) is 0 Å². The zero-order chi connectivity index (χ0) is 11.2. The van der Waals surface area contributed by atoms with Crippen LogP contribution in [0.25, 0.3) is 6.08 Å². The molecule has 1 aromatic carbocycles. The van der Waals surface area contributed by atoms with Gasteiger partial charge in [-0.2, -0.15) is 0 Å². The molecular weight excluding hydrogens is 208 g/mol. The molecule has 1 saturated heterocycles. The quantitative estimate of drug-likeness (QED) is 0.710. The Kier molecular flexibility index (Phi) is 2.06. The second kappa shape index (κ2) is 3.61. The van der Waals surface area contributed by atoms with E-state index in [0.717, 1.165) is 12.0 Å². The van der Waals surface area contributed by atoms with Crippen molar-refractivity contribution in [2.24, 2.45) is 5.92 Å². The van der Waals surface area contributed by atoms with E-state index in [2.05, 4.69) is 41.0 Å². The number of para-hydroxylation sites is 1. The first-order valence-electron chi connectivity index (χ1n) is 6.72. The molecule has 0 radical (unpaired) electrons. The van der Waals surface area contributed by atoms with Gasteiger partial charge in [-0.3, -0.25) is 0 Å². The van der Waals surface area contributed by atoms with Crippen LogP contribution in [0.2, 0.25) is 0 Å². The Labute approximate surface area is 102 Å². The fraction of sp³-hybridized carbons (Fsp3) is 0.467. The van der Waals surface area contributed by atoms with E-state index in [1.165, 1.54) is 37.1 Å². The molecule has 0 aromatic heterocycles. The molecule has 3 aliphatic rings. The molecule has 0 amide bonds. The summed E-state index contributed by atoms with van der Waals surface area (Å²) >= 11 is 0. The predicted molar refractivity (Wildman–Crippen MR) is 71.0 cm³/mol. The fourth-order valence-corrected chi connectivity index (χ4v) is 3.73. The van der Waals surface area contributed by atoms with Crippen LogP contribution in [0.5, 0.6) is 0 Å². The highest BCUT2D eigenvalue weighted by Crippen LogP contribution is 2.41. The Morgan fingerprint density at radius 2 is 2.00 bits per heavy atom. The van der Waals surface area contributed by atoms with Crippen LogP contribution in [0.4, 0.5) is 5.69 Å². The van der Waals surface area contributed by atoms with Crippen LogP contribution in [0.3, 0.4) is 0 Å². The highest BCUT2D eigenvalue weighted by atomic mass is 15.0. The molecule has 1 aliphatic carbocycles. The van der Waals surface area contributed by atoms with Gasteiger partial charge in [0.1, 0.15) is 0 Å². The van der Waals surface area contributed by atoms with Crippen LogP contribution in [0.15, 0.2) is 29.8 Å². The first-order valence-corrected chi connectivity index (χ1v) is 6.72. The second-order valence-electron chi connectivity index (χ2n) is 5.46. The molecule has 2 N–H and O–H groups in total. The van der Waals surface area contributed by atoms with E-state index in [0.29, 0.717) is 6.04 Å². The van der Waals surface area contributed by atoms with Gasteiger partial charge in [0.05, 0.1) is 0 Å². The molecule has 88 valence electrons. The number of hydrogen-bond donors (Lipinski definition) is 2. The number of nitrogens with one attached hydrogen (secondary N) is 2. The molecule has 0 spiro atoms. The van der Waals surface area contributed by atoms with Gasteiger partial charge in [0.2, 0.25) is 0 Å². The molecule has 2 aliphatic heterocycles. The summed E-state index contributed by atoms with van der Waals surface area (Å²) in [5.74, 6) is 0.773. The first kappa shape index (κ1) is 9.72. The zero-order valence-corrected chi connectivity index (χ0v) is 9.95. The fourth-order valence-electron chi connectivity index (χ4n) is 3.73. The lowest BCUT2D eigenvalue weighted by atomic mass is 9.75. The minimum atomic E-state index is 0.589. The lowest BCUT2D eigenvalue weighted by Gasteiger charge is -2.38. The van der Waals surface area contributed by atoms with Crippen molar-refractivity contribution in [2.45, 2.75) is 31.3 Å². The van der Waals surface area contributed by atoms with Gasteiger partial charge in [-0.15, -0.1) is 0 Å². The molecule has 17 heavy (non-hydrogen) atoms. The average Bonchev–Trinajstić information content (AvgIpc) is 2.85. The third-order valence-electron chi connectivity index (χ3n) is 4.56. The molecule has 0 bridgehead atoms. The summed E-state index contributed by atoms with van der Waals surface area (Å²) in [4.78, 5) is 0. The smallest absolute Gasteiger partial charge is 0.0481 e. The molecule has 3 unspecified atom stereocenters. The second-order valence-corrected chi connectivity index (χ2v) is 5.46. The number of anilines is 1. The Balaban J connectivity index is 1.78. The van der Waals surface area contributed by atoms with Gasteiger partial charge < -0.3 is 10.6 Å². The van der Waals surface area contributed by atoms with Crippen molar-refractivity contribution in [2.75, 3.05) is 11.9 Å². The Morgan fingerprint density at radius 1 is 1.06 bits per heavy atom. The summed E-state index contributed by atoms with van der Waals surface area (Å²) in [6, 6.07) is 9.99. The van der Waals surface area contributed by atoms with Crippen molar-refractivity contribution >= 4 is 11.8 Å². The molecule has 3 atom stereocenters. The number of fused-ring (bicyclic) bond motifs is 4. The van der Waals surface area contributed by atoms with Gasteiger partial charge in [-0.1, -0.05) is 24.3 Å². The molecule has 2 fully saturated rings. The molecule has 4 rings (SSSR count). The third-order valence-corrected chi connectivity index (χ3v) is 4.56. The van der Waals surface area contributed by atoms with Crippen LogP contribution >= 0.6 is 0 Å². The Bertz CT molecular complexity index is 478. The van der Waals surface area contributed by atoms with Crippen molar-refractivity contribution in [3.63, 3.8) is 0 Å². The average molecular weight is 226 g/mol. The normalized spacial score (nSPS) is 34.1. The molecular formula is C15H18N2. The van der Waals surface area contributed by atoms with Gasteiger partial charge in [0.15, 0.2) is 0 Å². The van der Waals surface area contributed by atoms with Gasteiger partial charge in [-0.05, 0) is 48.9 Å². The van der Waals surface area contributed by atoms with Crippen LogP contribution in [0.1, 0.15) is 24.8 Å². The van der Waals surface area contributed by atoms with Crippen LogP contribution in [-0.2, 0) is 0 Å². The molecule has 1 aromatic rings. The van der Waals surface area contributed by atoms with Crippen molar-refractivity contribution in [3.05, 3.63) is 35.4 Å². The van der Waals surface area contributed by atoms with E-state index in [1.54, 1.807) is 5.57 Å². The third kappa shape index (κ3) is 1.44. The topological polar surface area (TPSA) is 24.1 Å². The standard InChI is InChI=1S/C15H18N2/c1-2-4-13-10(3-1)9-12-11-7-8-16-14(11)5-6-15(12)17-13/h1-4,9,11,14-17H,5-8H2. The van der Waals surface area contributed by atoms with Crippen molar-refractivity contribution in [3.8, 4) is 0 Å². The zero-order valence-electron chi connectivity index (χ0n) is 9.95. The van der Waals surface area contributed by atoms with E-state index >= 15 is 0 Å².